The third-order valence-electron chi connectivity index (χ3n) is 6.73. The van der Waals surface area contributed by atoms with Gasteiger partial charge in [0.25, 0.3) is 0 Å². The van der Waals surface area contributed by atoms with Gasteiger partial charge in [0, 0.05) is 34.9 Å². The van der Waals surface area contributed by atoms with Gasteiger partial charge < -0.3 is 19.3 Å². The number of carbonyl (C=O) groups is 2. The maximum atomic E-state index is 11.2. The van der Waals surface area contributed by atoms with Gasteiger partial charge in [0.15, 0.2) is 0 Å². The fraction of sp³-hybridized carbons (Fsp3) is 0.161. The lowest BCUT2D eigenvalue weighted by Crippen LogP contribution is -2.03. The van der Waals surface area contributed by atoms with Gasteiger partial charge in [0.1, 0.15) is 16.2 Å². The average Bonchev–Trinajstić information content (AvgIpc) is 3.42. The maximum Gasteiger partial charge on any atom is 0.352 e. The second-order valence-corrected chi connectivity index (χ2v) is 11.7. The molecule has 0 spiro atoms. The Morgan fingerprint density at radius 2 is 1.07 bits per heavy atom. The molecule has 0 amide bonds. The van der Waals surface area contributed by atoms with E-state index in [4.69, 9.17) is 23.2 Å². The van der Waals surface area contributed by atoms with Crippen molar-refractivity contribution in [1.82, 2.24) is 9.13 Å². The zero-order valence-electron chi connectivity index (χ0n) is 22.2. The van der Waals surface area contributed by atoms with Crippen LogP contribution in [0.15, 0.2) is 77.3 Å². The van der Waals surface area contributed by atoms with Crippen LogP contribution in [0.4, 0.5) is 0 Å². The molecule has 0 aliphatic rings. The van der Waals surface area contributed by atoms with Crippen molar-refractivity contribution in [1.29, 1.82) is 0 Å². The van der Waals surface area contributed by atoms with E-state index in [-0.39, 0.29) is 4.84 Å². The molecule has 0 saturated heterocycles. The number of aromatic nitrogens is 2. The molecule has 0 aliphatic heterocycles. The molecule has 40 heavy (non-hydrogen) atoms. The van der Waals surface area contributed by atoms with Gasteiger partial charge in [-0.3, -0.25) is 0 Å². The first-order valence-corrected chi connectivity index (χ1v) is 14.0. The average molecular weight is 642 g/mol. The molecule has 0 bridgehead atoms. The molecule has 6 nitrogen and oxygen atoms in total. The van der Waals surface area contributed by atoms with E-state index < -0.39 is 11.9 Å². The number of hydrogen-bond acceptors (Lipinski definition) is 2. The molecular weight excluding hydrogens is 615 g/mol. The Labute approximate surface area is 249 Å². The van der Waals surface area contributed by atoms with Crippen LogP contribution in [0.1, 0.15) is 33.5 Å². The highest BCUT2D eigenvalue weighted by Gasteiger charge is 2.16. The molecule has 0 radical (unpaired) electrons. The van der Waals surface area contributed by atoms with Crippen molar-refractivity contribution >= 4 is 94.4 Å². The number of halogens is 3. The molecule has 0 aliphatic carbocycles. The fourth-order valence-corrected chi connectivity index (χ4v) is 5.46. The number of alkyl halides is 2. The van der Waals surface area contributed by atoms with Gasteiger partial charge >= 0.3 is 11.9 Å². The summed E-state index contributed by atoms with van der Waals surface area (Å²) in [5.41, 5.74) is 3.66. The quantitative estimate of drug-likeness (QED) is 0.185. The Morgan fingerprint density at radius 1 is 0.700 bits per heavy atom. The van der Waals surface area contributed by atoms with Gasteiger partial charge in [-0.1, -0.05) is 64.5 Å². The van der Waals surface area contributed by atoms with Crippen molar-refractivity contribution in [2.24, 2.45) is 14.1 Å². The Bertz CT molecular complexity index is 1770. The zero-order valence-corrected chi connectivity index (χ0v) is 25.3. The molecule has 0 saturated carbocycles. The van der Waals surface area contributed by atoms with Crippen molar-refractivity contribution in [3.8, 4) is 0 Å². The predicted molar refractivity (Wildman–Crippen MR) is 168 cm³/mol. The van der Waals surface area contributed by atoms with Gasteiger partial charge in [-0.15, -0.1) is 23.2 Å². The Hall–Kier alpha value is -3.52. The van der Waals surface area contributed by atoms with Gasteiger partial charge in [0.2, 0.25) is 0 Å². The van der Waals surface area contributed by atoms with Crippen LogP contribution in [0, 0.1) is 6.92 Å². The van der Waals surface area contributed by atoms with E-state index in [1.807, 2.05) is 54.6 Å². The van der Waals surface area contributed by atoms with Crippen LogP contribution in [-0.4, -0.2) is 36.1 Å². The van der Waals surface area contributed by atoms with Gasteiger partial charge in [-0.2, -0.15) is 0 Å². The first-order valence-electron chi connectivity index (χ1n) is 12.3. The Kier molecular flexibility index (Phi) is 8.78. The van der Waals surface area contributed by atoms with Crippen LogP contribution in [0.2, 0.25) is 0 Å². The first kappa shape index (κ1) is 29.5. The lowest BCUT2D eigenvalue weighted by molar-refractivity contribution is 0.0676. The van der Waals surface area contributed by atoms with E-state index in [0.29, 0.717) is 11.4 Å². The smallest absolute Gasteiger partial charge is 0.352 e. The molecule has 2 heterocycles. The highest BCUT2D eigenvalue weighted by atomic mass is 79.9. The molecule has 0 atom stereocenters. The summed E-state index contributed by atoms with van der Waals surface area (Å²) in [6, 6.07) is 23.5. The summed E-state index contributed by atoms with van der Waals surface area (Å²) in [6.07, 6.45) is 0. The van der Waals surface area contributed by atoms with Crippen molar-refractivity contribution in [2.75, 3.05) is 0 Å². The topological polar surface area (TPSA) is 84.5 Å². The number of nitrogens with zero attached hydrogens (tertiary/aromatic N) is 2. The number of benzene rings is 4. The fourth-order valence-electron chi connectivity index (χ4n) is 4.90. The number of aryl methyl sites for hydroxylation is 3. The summed E-state index contributed by atoms with van der Waals surface area (Å²) in [5.74, 6) is -1.80. The second-order valence-electron chi connectivity index (χ2n) is 9.32. The minimum absolute atomic E-state index is 0.222. The standard InChI is InChI=1S/C15H13NO2.C14H10BrNO2.C2H4Cl2/c1-9-7-13-12(8-14(15(17)18)16(13)2)11-6-4-3-5-10(9)11;1-16-12-7-11(15)9-5-3-2-4-8(9)10(12)6-13(16)14(17)18;1-2(3)4/h3-8H,1-2H3,(H,17,18);2-7H,1H3,(H,17,18);2H,1H3. The molecule has 2 N–H and O–H groups in total. The second kappa shape index (κ2) is 11.9. The van der Waals surface area contributed by atoms with E-state index in [9.17, 15) is 19.8 Å². The number of carboxylic acid groups (broad SMARTS) is 2. The number of rotatable bonds is 2. The summed E-state index contributed by atoms with van der Waals surface area (Å²) in [7, 11) is 3.56. The largest absolute Gasteiger partial charge is 0.477 e. The van der Waals surface area contributed by atoms with E-state index in [0.717, 1.165) is 48.0 Å². The predicted octanol–water partition coefficient (Wildman–Crippen LogP) is 8.94. The molecule has 0 unspecified atom stereocenters. The van der Waals surface area contributed by atoms with Crippen molar-refractivity contribution in [3.63, 3.8) is 0 Å². The molecular formula is C31H27BrCl2N2O4. The molecule has 206 valence electrons. The van der Waals surface area contributed by atoms with Crippen molar-refractivity contribution < 1.29 is 19.8 Å². The van der Waals surface area contributed by atoms with Gasteiger partial charge in [-0.05, 0) is 65.2 Å². The lowest BCUT2D eigenvalue weighted by atomic mass is 10.0. The first-order chi connectivity index (χ1) is 18.9. The normalized spacial score (nSPS) is 11.0. The lowest BCUT2D eigenvalue weighted by Gasteiger charge is -2.05. The summed E-state index contributed by atoms with van der Waals surface area (Å²) in [6.45, 7) is 3.75. The van der Waals surface area contributed by atoms with Crippen molar-refractivity contribution in [3.05, 3.63) is 94.2 Å². The summed E-state index contributed by atoms with van der Waals surface area (Å²) >= 11 is 13.6. The molecule has 2 aromatic heterocycles. The minimum Gasteiger partial charge on any atom is -0.477 e. The third-order valence-corrected chi connectivity index (χ3v) is 7.39. The van der Waals surface area contributed by atoms with Crippen LogP contribution in [0.25, 0.3) is 43.4 Å². The highest BCUT2D eigenvalue weighted by Crippen LogP contribution is 2.33. The molecule has 6 aromatic rings. The van der Waals surface area contributed by atoms with E-state index in [1.165, 1.54) is 5.39 Å². The number of aromatic carboxylic acids is 2. The van der Waals surface area contributed by atoms with E-state index >= 15 is 0 Å². The van der Waals surface area contributed by atoms with Gasteiger partial charge in [-0.25, -0.2) is 9.59 Å². The Morgan fingerprint density at radius 3 is 1.52 bits per heavy atom. The number of hydrogen-bond donors (Lipinski definition) is 2. The summed E-state index contributed by atoms with van der Waals surface area (Å²) < 4.78 is 4.41. The zero-order chi connectivity index (χ0) is 29.3. The molecule has 9 heteroatoms. The minimum atomic E-state index is -0.908. The van der Waals surface area contributed by atoms with E-state index in [1.54, 1.807) is 42.3 Å². The van der Waals surface area contributed by atoms with Gasteiger partial charge in [0.05, 0.1) is 5.52 Å². The monoisotopic (exact) mass is 640 g/mol. The van der Waals surface area contributed by atoms with Crippen molar-refractivity contribution in [2.45, 2.75) is 18.7 Å². The SMILES string of the molecule is CC(Cl)Cl.Cc1cc2c(cc(C(=O)O)n2C)c2ccccc12.Cn1c(C(=O)O)cc2c3ccccc3c(Br)cc21. The molecule has 4 aromatic carbocycles. The molecule has 0 fully saturated rings. The summed E-state index contributed by atoms with van der Waals surface area (Å²) in [4.78, 5) is 22.1. The molecule has 6 rings (SSSR count). The van der Waals surface area contributed by atoms with Crippen LogP contribution in [0.3, 0.4) is 0 Å². The highest BCUT2D eigenvalue weighted by molar-refractivity contribution is 9.10. The van der Waals surface area contributed by atoms with Crippen LogP contribution < -0.4 is 0 Å². The van der Waals surface area contributed by atoms with Crippen LogP contribution in [0.5, 0.6) is 0 Å². The third kappa shape index (κ3) is 5.68. The van der Waals surface area contributed by atoms with Crippen LogP contribution >= 0.6 is 39.1 Å². The number of fused-ring (bicyclic) bond motifs is 6. The summed E-state index contributed by atoms with van der Waals surface area (Å²) in [5, 5.41) is 24.8. The number of carboxylic acids is 2. The maximum absolute atomic E-state index is 11.2. The Balaban J connectivity index is 0.000000164. The van der Waals surface area contributed by atoms with E-state index in [2.05, 4.69) is 28.9 Å². The van der Waals surface area contributed by atoms with Crippen LogP contribution in [-0.2, 0) is 14.1 Å².